The van der Waals surface area contributed by atoms with Gasteiger partial charge in [-0.05, 0) is 52.7 Å². The summed E-state index contributed by atoms with van der Waals surface area (Å²) < 4.78 is 28.2. The molecule has 5 nitrogen and oxygen atoms in total. The molecule has 1 aromatic heterocycles. The summed E-state index contributed by atoms with van der Waals surface area (Å²) in [5.41, 5.74) is 1.74. The molecule has 20 heavy (non-hydrogen) atoms. The summed E-state index contributed by atoms with van der Waals surface area (Å²) in [5, 5.41) is 8.46. The van der Waals surface area contributed by atoms with Gasteiger partial charge in [-0.2, -0.15) is 0 Å². The summed E-state index contributed by atoms with van der Waals surface area (Å²) in [6, 6.07) is 6.55. The molecule has 8 heteroatoms. The minimum absolute atomic E-state index is 0.254. The lowest BCUT2D eigenvalue weighted by Crippen LogP contribution is -2.10. The van der Waals surface area contributed by atoms with Crippen molar-refractivity contribution in [3.63, 3.8) is 0 Å². The number of hydrogen-bond donors (Lipinski definition) is 2. The topological polar surface area (TPSA) is 85.3 Å². The van der Waals surface area contributed by atoms with Crippen LogP contribution < -0.4 is 10.5 Å². The molecule has 108 valence electrons. The monoisotopic (exact) mass is 378 g/mol. The zero-order chi connectivity index (χ0) is 14.9. The van der Waals surface area contributed by atoms with Crippen molar-refractivity contribution in [1.82, 2.24) is 0 Å². The van der Waals surface area contributed by atoms with Crippen molar-refractivity contribution in [3.05, 3.63) is 45.1 Å². The van der Waals surface area contributed by atoms with Crippen LogP contribution in [0.25, 0.3) is 0 Å². The SMILES string of the molecule is Cc1cc(Br)c(NCc2ccc(S(N)(=O)=O)o2)cc1Cl. The van der Waals surface area contributed by atoms with E-state index >= 15 is 0 Å². The van der Waals surface area contributed by atoms with Gasteiger partial charge in [-0.1, -0.05) is 11.6 Å². The number of hydrogen-bond acceptors (Lipinski definition) is 4. The largest absolute Gasteiger partial charge is 0.446 e. The number of primary sulfonamides is 1. The van der Waals surface area contributed by atoms with Crippen LogP contribution in [0.15, 0.2) is 38.2 Å². The Labute approximate surface area is 130 Å². The number of furan rings is 1. The molecular weight excluding hydrogens is 368 g/mol. The summed E-state index contributed by atoms with van der Waals surface area (Å²) >= 11 is 9.48. The van der Waals surface area contributed by atoms with Crippen molar-refractivity contribution in [3.8, 4) is 0 Å². The predicted octanol–water partition coefficient (Wildman–Crippen LogP) is 3.26. The number of rotatable bonds is 4. The van der Waals surface area contributed by atoms with Gasteiger partial charge in [0.1, 0.15) is 5.76 Å². The van der Waals surface area contributed by atoms with Gasteiger partial charge in [0, 0.05) is 9.50 Å². The second-order valence-corrected chi connectivity index (χ2v) is 6.95. The van der Waals surface area contributed by atoms with E-state index in [9.17, 15) is 8.42 Å². The number of benzene rings is 1. The molecule has 0 spiro atoms. The van der Waals surface area contributed by atoms with E-state index in [0.29, 0.717) is 17.3 Å². The number of sulfonamides is 1. The fraction of sp³-hybridized carbons (Fsp3) is 0.167. The Morgan fingerprint density at radius 1 is 1.40 bits per heavy atom. The van der Waals surface area contributed by atoms with Gasteiger partial charge in [-0.25, -0.2) is 13.6 Å². The minimum Gasteiger partial charge on any atom is -0.446 e. The fourth-order valence-electron chi connectivity index (χ4n) is 1.57. The van der Waals surface area contributed by atoms with E-state index in [2.05, 4.69) is 21.2 Å². The van der Waals surface area contributed by atoms with E-state index in [1.807, 2.05) is 13.0 Å². The third kappa shape index (κ3) is 3.54. The van der Waals surface area contributed by atoms with Gasteiger partial charge >= 0.3 is 0 Å². The van der Waals surface area contributed by atoms with Crippen molar-refractivity contribution in [2.75, 3.05) is 5.32 Å². The Bertz CT molecular complexity index is 743. The Morgan fingerprint density at radius 2 is 2.10 bits per heavy atom. The van der Waals surface area contributed by atoms with Gasteiger partial charge in [0.25, 0.3) is 10.0 Å². The number of anilines is 1. The lowest BCUT2D eigenvalue weighted by Gasteiger charge is -2.09. The zero-order valence-corrected chi connectivity index (χ0v) is 13.6. The van der Waals surface area contributed by atoms with Gasteiger partial charge in [0.05, 0.1) is 12.2 Å². The molecule has 3 N–H and O–H groups in total. The first-order valence-corrected chi connectivity index (χ1v) is 8.30. The lowest BCUT2D eigenvalue weighted by atomic mass is 10.2. The van der Waals surface area contributed by atoms with Gasteiger partial charge in [-0.15, -0.1) is 0 Å². The first-order chi connectivity index (χ1) is 9.27. The third-order valence-corrected chi connectivity index (χ3v) is 4.46. The predicted molar refractivity (Wildman–Crippen MR) is 81.3 cm³/mol. The summed E-state index contributed by atoms with van der Waals surface area (Å²) in [6.45, 7) is 2.22. The van der Waals surface area contributed by atoms with E-state index in [0.717, 1.165) is 15.7 Å². The van der Waals surface area contributed by atoms with E-state index in [1.54, 1.807) is 12.1 Å². The molecular formula is C12H12BrClN2O3S. The van der Waals surface area contributed by atoms with E-state index in [4.69, 9.17) is 21.2 Å². The highest BCUT2D eigenvalue weighted by Crippen LogP contribution is 2.29. The summed E-state index contributed by atoms with van der Waals surface area (Å²) in [6.07, 6.45) is 0. The molecule has 0 aliphatic carbocycles. The fourth-order valence-corrected chi connectivity index (χ4v) is 2.81. The highest BCUT2D eigenvalue weighted by molar-refractivity contribution is 9.10. The lowest BCUT2D eigenvalue weighted by molar-refractivity contribution is 0.419. The van der Waals surface area contributed by atoms with Crippen molar-refractivity contribution < 1.29 is 12.8 Å². The molecule has 0 bridgehead atoms. The summed E-state index contributed by atoms with van der Waals surface area (Å²) in [5.74, 6) is 0.456. The molecule has 1 heterocycles. The Hall–Kier alpha value is -1.02. The molecule has 0 aliphatic heterocycles. The molecule has 0 aliphatic rings. The number of nitrogens with two attached hydrogens (primary N) is 1. The van der Waals surface area contributed by atoms with E-state index in [1.165, 1.54) is 6.07 Å². The highest BCUT2D eigenvalue weighted by Gasteiger charge is 2.13. The zero-order valence-electron chi connectivity index (χ0n) is 10.5. The maximum atomic E-state index is 11.1. The van der Waals surface area contributed by atoms with Crippen LogP contribution in [0.4, 0.5) is 5.69 Å². The average Bonchev–Trinajstić information content (AvgIpc) is 2.80. The van der Waals surface area contributed by atoms with Gasteiger partial charge in [-0.3, -0.25) is 0 Å². The van der Waals surface area contributed by atoms with Crippen LogP contribution >= 0.6 is 27.5 Å². The quantitative estimate of drug-likeness (QED) is 0.854. The summed E-state index contributed by atoms with van der Waals surface area (Å²) in [7, 11) is -3.81. The number of aryl methyl sites for hydroxylation is 1. The summed E-state index contributed by atoms with van der Waals surface area (Å²) in [4.78, 5) is 0. The minimum atomic E-state index is -3.81. The number of halogens is 2. The molecule has 2 rings (SSSR count). The van der Waals surface area contributed by atoms with Crippen molar-refractivity contribution in [2.45, 2.75) is 18.6 Å². The maximum absolute atomic E-state index is 11.1. The molecule has 0 saturated heterocycles. The molecule has 0 fully saturated rings. The van der Waals surface area contributed by atoms with Crippen LogP contribution in [0, 0.1) is 6.92 Å². The molecule has 0 amide bonds. The van der Waals surface area contributed by atoms with Crippen molar-refractivity contribution >= 4 is 43.2 Å². The second kappa shape index (κ2) is 5.77. The average molecular weight is 380 g/mol. The van der Waals surface area contributed by atoms with Crippen LogP contribution in [0.3, 0.4) is 0 Å². The molecule has 0 unspecified atom stereocenters. The Balaban J connectivity index is 2.13. The Morgan fingerprint density at radius 3 is 2.70 bits per heavy atom. The van der Waals surface area contributed by atoms with Gasteiger partial charge in [0.2, 0.25) is 5.09 Å². The first-order valence-electron chi connectivity index (χ1n) is 5.58. The third-order valence-electron chi connectivity index (χ3n) is 2.62. The number of nitrogens with one attached hydrogen (secondary N) is 1. The molecule has 1 aromatic carbocycles. The normalized spacial score (nSPS) is 11.6. The smallest absolute Gasteiger partial charge is 0.271 e. The van der Waals surface area contributed by atoms with Crippen LogP contribution in [-0.2, 0) is 16.6 Å². The van der Waals surface area contributed by atoms with Crippen molar-refractivity contribution in [1.29, 1.82) is 0 Å². The molecule has 0 saturated carbocycles. The van der Waals surface area contributed by atoms with E-state index in [-0.39, 0.29) is 5.09 Å². The Kier molecular flexibility index (Phi) is 4.43. The van der Waals surface area contributed by atoms with Gasteiger partial charge < -0.3 is 9.73 Å². The van der Waals surface area contributed by atoms with Crippen LogP contribution in [0.1, 0.15) is 11.3 Å². The standard InChI is InChI=1S/C12H12BrClN2O3S/c1-7-4-9(13)11(5-10(7)14)16-6-8-2-3-12(19-8)20(15,17)18/h2-5,16H,6H2,1H3,(H2,15,17,18). The van der Waals surface area contributed by atoms with E-state index < -0.39 is 10.0 Å². The van der Waals surface area contributed by atoms with Crippen LogP contribution in [-0.4, -0.2) is 8.42 Å². The molecule has 2 aromatic rings. The molecule has 0 atom stereocenters. The van der Waals surface area contributed by atoms with Crippen LogP contribution in [0.2, 0.25) is 5.02 Å². The maximum Gasteiger partial charge on any atom is 0.271 e. The van der Waals surface area contributed by atoms with Crippen molar-refractivity contribution in [2.24, 2.45) is 5.14 Å². The molecule has 0 radical (unpaired) electrons. The highest BCUT2D eigenvalue weighted by atomic mass is 79.9. The second-order valence-electron chi connectivity index (χ2n) is 4.20. The van der Waals surface area contributed by atoms with Crippen LogP contribution in [0.5, 0.6) is 0 Å². The van der Waals surface area contributed by atoms with Gasteiger partial charge in [0.15, 0.2) is 0 Å². The first kappa shape index (κ1) is 15.4.